The van der Waals surface area contributed by atoms with Gasteiger partial charge in [0.05, 0.1) is 4.90 Å². The van der Waals surface area contributed by atoms with Crippen molar-refractivity contribution in [3.05, 3.63) is 29.3 Å². The number of aryl methyl sites for hydroxylation is 1. The molecule has 4 nitrogen and oxygen atoms in total. The first kappa shape index (κ1) is 16.5. The van der Waals surface area contributed by atoms with E-state index in [9.17, 15) is 8.42 Å². The van der Waals surface area contributed by atoms with Gasteiger partial charge in [0.1, 0.15) is 0 Å². The number of sulfonamides is 1. The quantitative estimate of drug-likeness (QED) is 0.857. The second-order valence-electron chi connectivity index (χ2n) is 6.02. The maximum absolute atomic E-state index is 12.9. The van der Waals surface area contributed by atoms with Crippen LogP contribution in [0.4, 0.5) is 0 Å². The first-order valence-corrected chi connectivity index (χ1v) is 9.13. The first-order chi connectivity index (χ1) is 9.86. The van der Waals surface area contributed by atoms with Gasteiger partial charge in [-0.05, 0) is 36.6 Å². The van der Waals surface area contributed by atoms with Crippen molar-refractivity contribution in [2.24, 2.45) is 0 Å². The molecule has 0 bridgehead atoms. The van der Waals surface area contributed by atoms with Crippen LogP contribution in [-0.4, -0.2) is 50.3 Å². The molecule has 1 aliphatic rings. The number of benzene rings is 1. The van der Waals surface area contributed by atoms with E-state index >= 15 is 0 Å². The summed E-state index contributed by atoms with van der Waals surface area (Å²) in [7, 11) is -3.37. The number of hydrogen-bond acceptors (Lipinski definition) is 3. The summed E-state index contributed by atoms with van der Waals surface area (Å²) in [5.74, 6) is 0.330. The molecule has 1 heterocycles. The number of likely N-dealkylation sites (N-methyl/N-ethyl adjacent to an activating group) is 1. The molecule has 0 aromatic heterocycles. The Bertz CT molecular complexity index is 588. The van der Waals surface area contributed by atoms with Crippen molar-refractivity contribution < 1.29 is 8.42 Å². The number of hydrogen-bond donors (Lipinski definition) is 0. The van der Waals surface area contributed by atoms with Gasteiger partial charge in [-0.25, -0.2) is 8.42 Å². The van der Waals surface area contributed by atoms with E-state index in [1.165, 1.54) is 0 Å². The lowest BCUT2D eigenvalue weighted by atomic mass is 10.0. The van der Waals surface area contributed by atoms with Crippen molar-refractivity contribution in [1.29, 1.82) is 0 Å². The molecule has 0 spiro atoms. The number of nitrogens with zero attached hydrogens (tertiary/aromatic N) is 2. The van der Waals surface area contributed by atoms with Crippen LogP contribution in [0.3, 0.4) is 0 Å². The van der Waals surface area contributed by atoms with Crippen LogP contribution < -0.4 is 0 Å². The minimum Gasteiger partial charge on any atom is -0.301 e. The molecule has 1 aliphatic heterocycles. The summed E-state index contributed by atoms with van der Waals surface area (Å²) in [5.41, 5.74) is 1.91. The lowest BCUT2D eigenvalue weighted by molar-refractivity contribution is 0.196. The van der Waals surface area contributed by atoms with Crippen molar-refractivity contribution in [3.63, 3.8) is 0 Å². The molecule has 0 unspecified atom stereocenters. The molecule has 0 amide bonds. The summed E-state index contributed by atoms with van der Waals surface area (Å²) in [4.78, 5) is 2.75. The zero-order valence-electron chi connectivity index (χ0n) is 13.5. The fourth-order valence-electron chi connectivity index (χ4n) is 2.68. The van der Waals surface area contributed by atoms with Gasteiger partial charge in [0, 0.05) is 26.2 Å². The van der Waals surface area contributed by atoms with Crippen LogP contribution in [0.15, 0.2) is 23.1 Å². The SMILES string of the molecule is CCN1CCN(S(=O)(=O)c2cc(C(C)C)ccc2C)CC1. The minimum absolute atomic E-state index is 0.330. The molecule has 118 valence electrons. The first-order valence-electron chi connectivity index (χ1n) is 7.69. The highest BCUT2D eigenvalue weighted by atomic mass is 32.2. The zero-order valence-corrected chi connectivity index (χ0v) is 14.3. The summed E-state index contributed by atoms with van der Waals surface area (Å²) in [5, 5.41) is 0. The van der Waals surface area contributed by atoms with Gasteiger partial charge in [0.15, 0.2) is 0 Å². The molecule has 0 N–H and O–H groups in total. The average Bonchev–Trinajstić information content (AvgIpc) is 2.47. The van der Waals surface area contributed by atoms with Gasteiger partial charge in [0.2, 0.25) is 10.0 Å². The standard InChI is InChI=1S/C16H26N2O2S/c1-5-17-8-10-18(11-9-17)21(19,20)16-12-15(13(2)3)7-6-14(16)4/h6-7,12-13H,5,8-11H2,1-4H3. The van der Waals surface area contributed by atoms with Gasteiger partial charge in [-0.1, -0.05) is 32.9 Å². The number of rotatable bonds is 4. The van der Waals surface area contributed by atoms with E-state index in [-0.39, 0.29) is 0 Å². The smallest absolute Gasteiger partial charge is 0.243 e. The highest BCUT2D eigenvalue weighted by molar-refractivity contribution is 7.89. The lowest BCUT2D eigenvalue weighted by Gasteiger charge is -2.33. The fraction of sp³-hybridized carbons (Fsp3) is 0.625. The van der Waals surface area contributed by atoms with Gasteiger partial charge in [-0.15, -0.1) is 0 Å². The molecular weight excluding hydrogens is 284 g/mol. The van der Waals surface area contributed by atoms with Gasteiger partial charge in [0.25, 0.3) is 0 Å². The lowest BCUT2D eigenvalue weighted by Crippen LogP contribution is -2.48. The average molecular weight is 310 g/mol. The van der Waals surface area contributed by atoms with Crippen molar-refractivity contribution >= 4 is 10.0 Å². The van der Waals surface area contributed by atoms with E-state index in [1.54, 1.807) is 4.31 Å². The second-order valence-corrected chi connectivity index (χ2v) is 7.92. The molecule has 1 aromatic rings. The molecule has 1 aromatic carbocycles. The maximum Gasteiger partial charge on any atom is 0.243 e. The van der Waals surface area contributed by atoms with Gasteiger partial charge >= 0.3 is 0 Å². The van der Waals surface area contributed by atoms with E-state index in [0.717, 1.165) is 30.8 Å². The topological polar surface area (TPSA) is 40.6 Å². The third-order valence-corrected chi connectivity index (χ3v) is 6.32. The zero-order chi connectivity index (χ0) is 15.6. The van der Waals surface area contributed by atoms with E-state index in [0.29, 0.717) is 23.9 Å². The second kappa shape index (κ2) is 6.46. The van der Waals surface area contributed by atoms with Crippen molar-refractivity contribution in [2.45, 2.75) is 38.5 Å². The largest absolute Gasteiger partial charge is 0.301 e. The molecule has 0 aliphatic carbocycles. The molecule has 0 radical (unpaired) electrons. The Balaban J connectivity index is 2.29. The highest BCUT2D eigenvalue weighted by Crippen LogP contribution is 2.25. The van der Waals surface area contributed by atoms with Gasteiger partial charge in [-0.2, -0.15) is 4.31 Å². The van der Waals surface area contributed by atoms with Crippen molar-refractivity contribution in [2.75, 3.05) is 32.7 Å². The monoisotopic (exact) mass is 310 g/mol. The summed E-state index contributed by atoms with van der Waals surface area (Å²) in [6, 6.07) is 5.79. The predicted molar refractivity (Wildman–Crippen MR) is 86.1 cm³/mol. The molecule has 2 rings (SSSR count). The molecule has 21 heavy (non-hydrogen) atoms. The van der Waals surface area contributed by atoms with Crippen LogP contribution in [-0.2, 0) is 10.0 Å². The predicted octanol–water partition coefficient (Wildman–Crippen LogP) is 2.44. The molecule has 1 fully saturated rings. The Labute approximate surface area is 128 Å². The van der Waals surface area contributed by atoms with E-state index in [2.05, 4.69) is 25.7 Å². The minimum atomic E-state index is -3.37. The third-order valence-electron chi connectivity index (χ3n) is 4.28. The Morgan fingerprint density at radius 1 is 1.14 bits per heavy atom. The maximum atomic E-state index is 12.9. The fourth-order valence-corrected chi connectivity index (χ4v) is 4.36. The Morgan fingerprint density at radius 2 is 1.76 bits per heavy atom. The third kappa shape index (κ3) is 3.47. The normalized spacial score (nSPS) is 18.3. The van der Waals surface area contributed by atoms with Crippen molar-refractivity contribution in [1.82, 2.24) is 9.21 Å². The van der Waals surface area contributed by atoms with Crippen LogP contribution in [0.1, 0.15) is 37.8 Å². The molecular formula is C16H26N2O2S. The van der Waals surface area contributed by atoms with Crippen LogP contribution in [0.5, 0.6) is 0 Å². The van der Waals surface area contributed by atoms with Crippen LogP contribution >= 0.6 is 0 Å². The molecule has 0 atom stereocenters. The Morgan fingerprint density at radius 3 is 2.29 bits per heavy atom. The molecule has 1 saturated heterocycles. The number of piperazine rings is 1. The van der Waals surface area contributed by atoms with Crippen LogP contribution in [0, 0.1) is 6.92 Å². The summed E-state index contributed by atoms with van der Waals surface area (Å²) in [6.07, 6.45) is 0. The Kier molecular flexibility index (Phi) is 5.07. The van der Waals surface area contributed by atoms with Crippen LogP contribution in [0.2, 0.25) is 0 Å². The Hall–Kier alpha value is -0.910. The highest BCUT2D eigenvalue weighted by Gasteiger charge is 2.29. The van der Waals surface area contributed by atoms with E-state index < -0.39 is 10.0 Å². The van der Waals surface area contributed by atoms with Gasteiger partial charge in [-0.3, -0.25) is 0 Å². The van der Waals surface area contributed by atoms with Crippen LogP contribution in [0.25, 0.3) is 0 Å². The summed E-state index contributed by atoms with van der Waals surface area (Å²) < 4.78 is 27.4. The van der Waals surface area contributed by atoms with E-state index in [4.69, 9.17) is 0 Å². The van der Waals surface area contributed by atoms with Gasteiger partial charge < -0.3 is 4.90 Å². The van der Waals surface area contributed by atoms with Crippen molar-refractivity contribution in [3.8, 4) is 0 Å². The summed E-state index contributed by atoms with van der Waals surface area (Å²) >= 11 is 0. The molecule has 5 heteroatoms. The molecule has 0 saturated carbocycles. The summed E-state index contributed by atoms with van der Waals surface area (Å²) in [6.45, 7) is 11.9. The van der Waals surface area contributed by atoms with E-state index in [1.807, 2.05) is 25.1 Å².